The number of likely N-dealkylation sites (tertiary alicyclic amines) is 1. The van der Waals surface area contributed by atoms with Gasteiger partial charge in [0.1, 0.15) is 0 Å². The second-order valence-corrected chi connectivity index (χ2v) is 6.21. The average molecular weight is 311 g/mol. The smallest absolute Gasteiger partial charge is 0.234 e. The zero-order valence-corrected chi connectivity index (χ0v) is 13.1. The number of rotatable bonds is 5. The minimum Gasteiger partial charge on any atom is -0.387 e. The molecule has 2 rings (SSSR count). The molecule has 0 radical (unpaired) electrons. The van der Waals surface area contributed by atoms with Gasteiger partial charge in [-0.25, -0.2) is 0 Å². The topological polar surface area (TPSA) is 52.6 Å². The van der Waals surface area contributed by atoms with Crippen molar-refractivity contribution in [1.29, 1.82) is 0 Å². The molecule has 4 nitrogen and oxygen atoms in total. The maximum absolute atomic E-state index is 11.9. The van der Waals surface area contributed by atoms with Crippen LogP contribution in [0.1, 0.15) is 31.4 Å². The van der Waals surface area contributed by atoms with E-state index in [0.717, 1.165) is 31.8 Å². The number of carbonyl (C=O) groups is 1. The molecule has 0 aromatic heterocycles. The van der Waals surface area contributed by atoms with E-state index in [2.05, 4.69) is 17.1 Å². The lowest BCUT2D eigenvalue weighted by molar-refractivity contribution is -0.123. The van der Waals surface area contributed by atoms with Crippen LogP contribution in [0, 0.1) is 5.92 Å². The molecule has 1 aliphatic heterocycles. The molecule has 5 heteroatoms. The quantitative estimate of drug-likeness (QED) is 0.877. The number of amides is 1. The Morgan fingerprint density at radius 2 is 2.10 bits per heavy atom. The molecule has 0 bridgehead atoms. The number of aliphatic hydroxyl groups excluding tert-OH is 1. The molecule has 1 heterocycles. The van der Waals surface area contributed by atoms with Crippen molar-refractivity contribution >= 4 is 17.5 Å². The molecule has 116 valence electrons. The Morgan fingerprint density at radius 3 is 2.76 bits per heavy atom. The first-order valence-corrected chi connectivity index (χ1v) is 7.85. The van der Waals surface area contributed by atoms with Crippen LogP contribution in [0.15, 0.2) is 24.3 Å². The third-order valence-electron chi connectivity index (χ3n) is 4.00. The van der Waals surface area contributed by atoms with Crippen LogP contribution < -0.4 is 5.32 Å². The molecule has 1 saturated heterocycles. The maximum atomic E-state index is 11.9. The number of halogens is 1. The number of nitrogens with zero attached hydrogens (tertiary/aromatic N) is 1. The van der Waals surface area contributed by atoms with E-state index in [4.69, 9.17) is 11.6 Å². The number of aliphatic hydroxyl groups is 1. The predicted octanol–water partition coefficient (Wildman–Crippen LogP) is 2.22. The van der Waals surface area contributed by atoms with Gasteiger partial charge in [-0.2, -0.15) is 0 Å². The van der Waals surface area contributed by atoms with Gasteiger partial charge in [0.25, 0.3) is 0 Å². The van der Waals surface area contributed by atoms with Crippen LogP contribution in [0.2, 0.25) is 5.02 Å². The van der Waals surface area contributed by atoms with Crippen molar-refractivity contribution in [3.63, 3.8) is 0 Å². The summed E-state index contributed by atoms with van der Waals surface area (Å²) in [4.78, 5) is 14.1. The average Bonchev–Trinajstić information content (AvgIpc) is 2.48. The van der Waals surface area contributed by atoms with Gasteiger partial charge in [0.15, 0.2) is 0 Å². The van der Waals surface area contributed by atoms with Gasteiger partial charge < -0.3 is 10.4 Å². The van der Waals surface area contributed by atoms with E-state index in [9.17, 15) is 9.90 Å². The van der Waals surface area contributed by atoms with E-state index in [1.54, 1.807) is 12.1 Å². The van der Waals surface area contributed by atoms with E-state index in [-0.39, 0.29) is 12.5 Å². The number of hydrogen-bond acceptors (Lipinski definition) is 3. The molecule has 0 aliphatic carbocycles. The summed E-state index contributed by atoms with van der Waals surface area (Å²) >= 11 is 6.02. The lowest BCUT2D eigenvalue weighted by Gasteiger charge is -2.29. The van der Waals surface area contributed by atoms with E-state index in [1.165, 1.54) is 0 Å². The third-order valence-corrected chi connectivity index (χ3v) is 4.34. The predicted molar refractivity (Wildman–Crippen MR) is 84.3 cm³/mol. The number of benzene rings is 1. The summed E-state index contributed by atoms with van der Waals surface area (Å²) in [5, 5.41) is 13.4. The fourth-order valence-corrected chi connectivity index (χ4v) is 2.81. The fourth-order valence-electron chi connectivity index (χ4n) is 2.54. The largest absolute Gasteiger partial charge is 0.387 e. The molecule has 1 fully saturated rings. The normalized spacial score (nSPS) is 18.4. The van der Waals surface area contributed by atoms with Gasteiger partial charge in [-0.3, -0.25) is 9.69 Å². The highest BCUT2D eigenvalue weighted by Crippen LogP contribution is 2.21. The van der Waals surface area contributed by atoms with Crippen LogP contribution in [0.3, 0.4) is 0 Å². The standard InChI is InChI=1S/C16H23ClN2O2/c1-12-6-8-19(9-7-12)11-16(21)18-10-15(20)13-4-2-3-5-14(13)17/h2-5,12,15,20H,6-11H2,1H3,(H,18,21). The SMILES string of the molecule is CC1CCN(CC(=O)NCC(O)c2ccccc2Cl)CC1. The fraction of sp³-hybridized carbons (Fsp3) is 0.562. The lowest BCUT2D eigenvalue weighted by atomic mass is 9.99. The summed E-state index contributed by atoms with van der Waals surface area (Å²) < 4.78 is 0. The monoisotopic (exact) mass is 310 g/mol. The number of piperidine rings is 1. The highest BCUT2D eigenvalue weighted by Gasteiger charge is 2.18. The highest BCUT2D eigenvalue weighted by atomic mass is 35.5. The van der Waals surface area contributed by atoms with Crippen molar-refractivity contribution in [3.8, 4) is 0 Å². The molecular weight excluding hydrogens is 288 g/mol. The molecule has 1 unspecified atom stereocenters. The van der Waals surface area contributed by atoms with Crippen molar-refractivity contribution in [2.45, 2.75) is 25.9 Å². The first-order chi connectivity index (χ1) is 10.1. The minimum absolute atomic E-state index is 0.0457. The van der Waals surface area contributed by atoms with Crippen molar-refractivity contribution < 1.29 is 9.90 Å². The zero-order chi connectivity index (χ0) is 15.2. The molecule has 1 aromatic rings. The van der Waals surface area contributed by atoms with Gasteiger partial charge >= 0.3 is 0 Å². The van der Waals surface area contributed by atoms with Crippen molar-refractivity contribution in [1.82, 2.24) is 10.2 Å². The molecule has 21 heavy (non-hydrogen) atoms. The second kappa shape index (κ2) is 7.78. The third kappa shape index (κ3) is 4.99. The molecule has 1 atom stereocenters. The van der Waals surface area contributed by atoms with E-state index in [0.29, 0.717) is 17.1 Å². The maximum Gasteiger partial charge on any atom is 0.234 e. The van der Waals surface area contributed by atoms with Crippen LogP contribution >= 0.6 is 11.6 Å². The summed E-state index contributed by atoms with van der Waals surface area (Å²) in [5.41, 5.74) is 0.645. The number of nitrogens with one attached hydrogen (secondary N) is 1. The summed E-state index contributed by atoms with van der Waals surface area (Å²) in [5.74, 6) is 0.710. The molecule has 2 N–H and O–H groups in total. The van der Waals surface area contributed by atoms with Crippen molar-refractivity contribution in [3.05, 3.63) is 34.9 Å². The number of hydrogen-bond donors (Lipinski definition) is 2. The highest BCUT2D eigenvalue weighted by molar-refractivity contribution is 6.31. The molecule has 1 amide bonds. The Balaban J connectivity index is 1.75. The summed E-state index contributed by atoms with van der Waals surface area (Å²) in [6, 6.07) is 7.14. The van der Waals surface area contributed by atoms with Crippen LogP contribution in [-0.4, -0.2) is 42.1 Å². The van der Waals surface area contributed by atoms with Crippen LogP contribution in [0.25, 0.3) is 0 Å². The van der Waals surface area contributed by atoms with Gasteiger partial charge in [-0.1, -0.05) is 36.7 Å². The first-order valence-electron chi connectivity index (χ1n) is 7.48. The Hall–Kier alpha value is -1.10. The van der Waals surface area contributed by atoms with E-state index in [1.807, 2.05) is 12.1 Å². The summed E-state index contributed by atoms with van der Waals surface area (Å²) in [7, 11) is 0. The second-order valence-electron chi connectivity index (χ2n) is 5.80. The van der Waals surface area contributed by atoms with Crippen LogP contribution in [-0.2, 0) is 4.79 Å². The molecule has 1 aliphatic rings. The molecule has 0 saturated carbocycles. The minimum atomic E-state index is -0.774. The molecule has 1 aromatic carbocycles. The molecular formula is C16H23ClN2O2. The lowest BCUT2D eigenvalue weighted by Crippen LogP contribution is -2.42. The Kier molecular flexibility index (Phi) is 6.03. The van der Waals surface area contributed by atoms with Crippen molar-refractivity contribution in [2.24, 2.45) is 5.92 Å². The van der Waals surface area contributed by atoms with E-state index < -0.39 is 6.10 Å². The summed E-state index contributed by atoms with van der Waals surface area (Å²) in [6.45, 7) is 4.79. The van der Waals surface area contributed by atoms with Gasteiger partial charge in [-0.05, 0) is 37.9 Å². The summed E-state index contributed by atoms with van der Waals surface area (Å²) in [6.07, 6.45) is 1.52. The van der Waals surface area contributed by atoms with Gasteiger partial charge in [0.2, 0.25) is 5.91 Å². The molecule has 0 spiro atoms. The van der Waals surface area contributed by atoms with Crippen LogP contribution in [0.4, 0.5) is 0 Å². The Morgan fingerprint density at radius 1 is 1.43 bits per heavy atom. The van der Waals surface area contributed by atoms with Gasteiger partial charge in [0, 0.05) is 17.1 Å². The van der Waals surface area contributed by atoms with Gasteiger partial charge in [0.05, 0.1) is 12.6 Å². The van der Waals surface area contributed by atoms with Crippen molar-refractivity contribution in [2.75, 3.05) is 26.2 Å². The van der Waals surface area contributed by atoms with Crippen LogP contribution in [0.5, 0.6) is 0 Å². The first kappa shape index (κ1) is 16.3. The Labute approximate surface area is 131 Å². The van der Waals surface area contributed by atoms with Gasteiger partial charge in [-0.15, -0.1) is 0 Å². The Bertz CT molecular complexity index is 473. The zero-order valence-electron chi connectivity index (χ0n) is 12.4. The number of carbonyl (C=O) groups excluding carboxylic acids is 1. The van der Waals surface area contributed by atoms with E-state index >= 15 is 0 Å².